The molecule has 3 N–H and O–H groups in total. The minimum atomic E-state index is -0.0901. The molecule has 0 saturated heterocycles. The van der Waals surface area contributed by atoms with Crippen molar-refractivity contribution in [1.82, 2.24) is 35.5 Å². The fourth-order valence-corrected chi connectivity index (χ4v) is 3.85. The first-order chi connectivity index (χ1) is 14.8. The Morgan fingerprint density at radius 2 is 2.10 bits per heavy atom. The lowest BCUT2D eigenvalue weighted by Crippen LogP contribution is -2.45. The van der Waals surface area contributed by atoms with Crippen LogP contribution in [-0.4, -0.2) is 44.0 Å². The van der Waals surface area contributed by atoms with Crippen LogP contribution < -0.4 is 10.6 Å². The number of amides is 2. The molecule has 0 fully saturated rings. The van der Waals surface area contributed by atoms with Crippen molar-refractivity contribution in [2.45, 2.75) is 38.4 Å². The maximum absolute atomic E-state index is 13.1. The van der Waals surface area contributed by atoms with Crippen molar-refractivity contribution in [1.29, 1.82) is 0 Å². The van der Waals surface area contributed by atoms with Gasteiger partial charge in [0.1, 0.15) is 0 Å². The molecule has 0 radical (unpaired) electrons. The van der Waals surface area contributed by atoms with Gasteiger partial charge in [0.15, 0.2) is 0 Å². The van der Waals surface area contributed by atoms with E-state index in [4.69, 9.17) is 0 Å². The van der Waals surface area contributed by atoms with Crippen LogP contribution in [0.15, 0.2) is 55.2 Å². The van der Waals surface area contributed by atoms with Crippen LogP contribution in [0.4, 0.5) is 4.79 Å². The molecule has 156 valence electrons. The quantitative estimate of drug-likeness (QED) is 0.500. The number of nitrogens with zero attached hydrogens (tertiary/aromatic N) is 4. The number of rotatable bonds is 8. The Morgan fingerprint density at radius 3 is 2.93 bits per heavy atom. The summed E-state index contributed by atoms with van der Waals surface area (Å²) in [5.41, 5.74) is 4.12. The van der Waals surface area contributed by atoms with Gasteiger partial charge in [-0.05, 0) is 43.0 Å². The van der Waals surface area contributed by atoms with Crippen molar-refractivity contribution in [2.24, 2.45) is 0 Å². The van der Waals surface area contributed by atoms with Crippen molar-refractivity contribution >= 4 is 6.03 Å². The number of pyridine rings is 2. The third kappa shape index (κ3) is 5.01. The molecule has 2 amide bonds. The summed E-state index contributed by atoms with van der Waals surface area (Å²) in [4.78, 5) is 31.1. The van der Waals surface area contributed by atoms with Crippen molar-refractivity contribution in [3.63, 3.8) is 0 Å². The largest absolute Gasteiger partial charge is 0.347 e. The average molecular weight is 406 g/mol. The van der Waals surface area contributed by atoms with Crippen LogP contribution in [0.5, 0.6) is 0 Å². The molecular formula is C22H27N7O. The molecule has 0 spiro atoms. The standard InChI is InChI=1S/C22H27N7O/c30-22(27-12-11-23-13-18-7-1-2-9-25-18)29(15-19-14-24-16-28-19)20-8-3-5-17-6-4-10-26-21(17)20/h1-2,4,6-7,9-10,14,16,20,23H,3,5,8,11-13,15H2,(H,24,28)(H,27,30). The molecule has 3 aromatic heterocycles. The number of hydrogen-bond donors (Lipinski definition) is 3. The van der Waals surface area contributed by atoms with Gasteiger partial charge in [0.2, 0.25) is 0 Å². The second-order valence-corrected chi connectivity index (χ2v) is 7.39. The monoisotopic (exact) mass is 405 g/mol. The summed E-state index contributed by atoms with van der Waals surface area (Å²) in [6, 6.07) is 9.79. The number of nitrogens with one attached hydrogen (secondary N) is 3. The summed E-state index contributed by atoms with van der Waals surface area (Å²) in [5.74, 6) is 0. The van der Waals surface area contributed by atoms with Gasteiger partial charge in [-0.25, -0.2) is 9.78 Å². The van der Waals surface area contributed by atoms with E-state index in [1.807, 2.05) is 35.4 Å². The Labute approximate surface area is 176 Å². The third-order valence-electron chi connectivity index (χ3n) is 5.31. The van der Waals surface area contributed by atoms with Crippen LogP contribution >= 0.6 is 0 Å². The van der Waals surface area contributed by atoms with Crippen molar-refractivity contribution < 1.29 is 4.79 Å². The zero-order valence-corrected chi connectivity index (χ0v) is 16.9. The van der Waals surface area contributed by atoms with E-state index in [0.29, 0.717) is 26.2 Å². The normalized spacial score (nSPS) is 15.4. The minimum absolute atomic E-state index is 0.0419. The van der Waals surface area contributed by atoms with Crippen LogP contribution in [-0.2, 0) is 19.5 Å². The molecule has 4 rings (SSSR count). The Hall–Kier alpha value is -3.26. The van der Waals surface area contributed by atoms with E-state index in [1.54, 1.807) is 18.7 Å². The number of imidazole rings is 1. The maximum Gasteiger partial charge on any atom is 0.318 e. The Kier molecular flexibility index (Phi) is 6.66. The Balaban J connectivity index is 1.38. The molecule has 1 aliphatic carbocycles. The highest BCUT2D eigenvalue weighted by Gasteiger charge is 2.30. The zero-order chi connectivity index (χ0) is 20.6. The van der Waals surface area contributed by atoms with Gasteiger partial charge in [-0.3, -0.25) is 9.97 Å². The minimum Gasteiger partial charge on any atom is -0.347 e. The smallest absolute Gasteiger partial charge is 0.318 e. The van der Waals surface area contributed by atoms with Gasteiger partial charge >= 0.3 is 6.03 Å². The molecule has 0 saturated carbocycles. The Bertz CT molecular complexity index is 930. The second kappa shape index (κ2) is 9.98. The zero-order valence-electron chi connectivity index (χ0n) is 16.9. The number of aryl methyl sites for hydroxylation is 1. The predicted molar refractivity (Wildman–Crippen MR) is 113 cm³/mol. The van der Waals surface area contributed by atoms with Crippen molar-refractivity contribution in [3.8, 4) is 0 Å². The summed E-state index contributed by atoms with van der Waals surface area (Å²) in [5, 5.41) is 6.36. The molecule has 3 aromatic rings. The van der Waals surface area contributed by atoms with E-state index in [-0.39, 0.29) is 12.1 Å². The topological polar surface area (TPSA) is 98.8 Å². The number of urea groups is 1. The molecule has 1 atom stereocenters. The molecule has 8 heteroatoms. The fraction of sp³-hybridized carbons (Fsp3) is 0.364. The predicted octanol–water partition coefficient (Wildman–Crippen LogP) is 2.58. The van der Waals surface area contributed by atoms with Gasteiger partial charge in [-0.2, -0.15) is 0 Å². The Morgan fingerprint density at radius 1 is 1.17 bits per heavy atom. The first kappa shape index (κ1) is 20.0. The van der Waals surface area contributed by atoms with E-state index in [1.165, 1.54) is 5.56 Å². The van der Waals surface area contributed by atoms with Gasteiger partial charge in [0.05, 0.1) is 36.0 Å². The number of aromatic nitrogens is 4. The highest BCUT2D eigenvalue weighted by Crippen LogP contribution is 2.33. The van der Waals surface area contributed by atoms with Crippen molar-refractivity contribution in [3.05, 3.63) is 77.9 Å². The molecule has 30 heavy (non-hydrogen) atoms. The van der Waals surface area contributed by atoms with E-state index in [9.17, 15) is 4.79 Å². The van der Waals surface area contributed by atoms with Crippen LogP contribution in [0.25, 0.3) is 0 Å². The van der Waals surface area contributed by atoms with E-state index in [0.717, 1.165) is 36.3 Å². The number of hydrogen-bond acceptors (Lipinski definition) is 5. The fourth-order valence-electron chi connectivity index (χ4n) is 3.85. The number of carbonyl (C=O) groups excluding carboxylic acids is 1. The number of carbonyl (C=O) groups is 1. The van der Waals surface area contributed by atoms with Crippen LogP contribution in [0, 0.1) is 0 Å². The SMILES string of the molecule is O=C(NCCNCc1ccccn1)N(Cc1cnc[nH]1)C1CCCc2cccnc21. The maximum atomic E-state index is 13.1. The van der Waals surface area contributed by atoms with Gasteiger partial charge < -0.3 is 20.5 Å². The number of fused-ring (bicyclic) bond motifs is 1. The van der Waals surface area contributed by atoms with Gasteiger partial charge in [-0.15, -0.1) is 0 Å². The van der Waals surface area contributed by atoms with Gasteiger partial charge in [0, 0.05) is 38.2 Å². The van der Waals surface area contributed by atoms with E-state index in [2.05, 4.69) is 36.6 Å². The van der Waals surface area contributed by atoms with E-state index < -0.39 is 0 Å². The molecule has 3 heterocycles. The second-order valence-electron chi connectivity index (χ2n) is 7.39. The molecular weight excluding hydrogens is 378 g/mol. The first-order valence-electron chi connectivity index (χ1n) is 10.4. The number of aromatic amines is 1. The average Bonchev–Trinajstić information content (AvgIpc) is 3.31. The lowest BCUT2D eigenvalue weighted by Gasteiger charge is -2.34. The summed E-state index contributed by atoms with van der Waals surface area (Å²) in [6.07, 6.45) is 9.95. The molecule has 1 aliphatic rings. The van der Waals surface area contributed by atoms with Crippen LogP contribution in [0.2, 0.25) is 0 Å². The summed E-state index contributed by atoms with van der Waals surface area (Å²) in [7, 11) is 0. The van der Waals surface area contributed by atoms with E-state index >= 15 is 0 Å². The highest BCUT2D eigenvalue weighted by atomic mass is 16.2. The lowest BCUT2D eigenvalue weighted by atomic mass is 9.91. The van der Waals surface area contributed by atoms with Crippen LogP contribution in [0.3, 0.4) is 0 Å². The van der Waals surface area contributed by atoms with Gasteiger partial charge in [0.25, 0.3) is 0 Å². The number of H-pyrrole nitrogens is 1. The summed E-state index contributed by atoms with van der Waals surface area (Å²) >= 11 is 0. The molecule has 0 aromatic carbocycles. The molecule has 0 aliphatic heterocycles. The first-order valence-corrected chi connectivity index (χ1v) is 10.4. The summed E-state index contributed by atoms with van der Waals surface area (Å²) in [6.45, 7) is 2.34. The molecule has 0 bridgehead atoms. The van der Waals surface area contributed by atoms with Crippen molar-refractivity contribution in [2.75, 3.05) is 13.1 Å². The third-order valence-corrected chi connectivity index (χ3v) is 5.31. The van der Waals surface area contributed by atoms with Gasteiger partial charge in [-0.1, -0.05) is 12.1 Å². The molecule has 1 unspecified atom stereocenters. The molecule has 8 nitrogen and oxygen atoms in total. The van der Waals surface area contributed by atoms with Crippen LogP contribution in [0.1, 0.15) is 41.5 Å². The summed E-state index contributed by atoms with van der Waals surface area (Å²) < 4.78 is 0. The lowest BCUT2D eigenvalue weighted by molar-refractivity contribution is 0.159. The highest BCUT2D eigenvalue weighted by molar-refractivity contribution is 5.74.